The second kappa shape index (κ2) is 9.58. The van der Waals surface area contributed by atoms with Gasteiger partial charge in [0, 0.05) is 46.1 Å². The van der Waals surface area contributed by atoms with Crippen LogP contribution in [-0.4, -0.2) is 21.2 Å². The van der Waals surface area contributed by atoms with E-state index in [0.29, 0.717) is 24.3 Å². The zero-order valence-corrected chi connectivity index (χ0v) is 21.6. The number of aliphatic carboxylic acids is 1. The lowest BCUT2D eigenvalue weighted by molar-refractivity contribution is -0.140. The first-order valence-electron chi connectivity index (χ1n) is 12.5. The number of aromatic nitrogens is 2. The fraction of sp³-hybridized carbons (Fsp3) is 0.156. The molecule has 6 rings (SSSR count). The molecule has 2 heterocycles. The highest BCUT2D eigenvalue weighted by atomic mass is 35.5. The third-order valence-corrected chi connectivity index (χ3v) is 7.75. The summed E-state index contributed by atoms with van der Waals surface area (Å²) in [4.78, 5) is 16.1. The minimum absolute atomic E-state index is 0.629. The molecule has 188 valence electrons. The number of carboxylic acid groups (broad SMARTS) is 1. The highest BCUT2D eigenvalue weighted by Crippen LogP contribution is 2.48. The highest BCUT2D eigenvalue weighted by molar-refractivity contribution is 6.33. The number of hydrogen-bond donors (Lipinski definition) is 1. The summed E-state index contributed by atoms with van der Waals surface area (Å²) in [6.07, 6.45) is 5.72. The Morgan fingerprint density at radius 1 is 0.921 bits per heavy atom. The van der Waals surface area contributed by atoms with Crippen LogP contribution >= 0.6 is 11.6 Å². The second-order valence-electron chi connectivity index (χ2n) is 9.86. The van der Waals surface area contributed by atoms with Crippen LogP contribution in [0.4, 0.5) is 0 Å². The van der Waals surface area contributed by atoms with Gasteiger partial charge >= 0.3 is 5.97 Å². The van der Waals surface area contributed by atoms with Crippen LogP contribution in [0.15, 0.2) is 95.8 Å². The number of rotatable bonds is 7. The lowest BCUT2D eigenvalue weighted by Gasteiger charge is -2.11. The van der Waals surface area contributed by atoms with Gasteiger partial charge in [-0.25, -0.2) is 0 Å². The van der Waals surface area contributed by atoms with E-state index >= 15 is 0 Å². The molecule has 0 bridgehead atoms. The van der Waals surface area contributed by atoms with Crippen molar-refractivity contribution in [3.63, 3.8) is 0 Å². The number of carboxylic acids is 1. The number of pyridine rings is 1. The van der Waals surface area contributed by atoms with Crippen LogP contribution in [0, 0.1) is 6.92 Å². The molecule has 5 aromatic rings. The van der Waals surface area contributed by atoms with E-state index in [-0.39, 0.29) is 0 Å². The van der Waals surface area contributed by atoms with Crippen LogP contribution in [0.1, 0.15) is 35.2 Å². The fourth-order valence-corrected chi connectivity index (χ4v) is 5.25. The summed E-state index contributed by atoms with van der Waals surface area (Å²) in [5.41, 5.74) is 8.04. The van der Waals surface area contributed by atoms with E-state index in [2.05, 4.69) is 28.3 Å². The first kappa shape index (κ1) is 24.1. The third-order valence-electron chi connectivity index (χ3n) is 7.42. The molecule has 3 aromatic carbocycles. The number of aryl methyl sites for hydroxylation is 1. The first-order valence-corrected chi connectivity index (χ1v) is 12.9. The van der Waals surface area contributed by atoms with Gasteiger partial charge in [-0.1, -0.05) is 83.5 Å². The normalized spacial score (nSPS) is 13.8. The van der Waals surface area contributed by atoms with Gasteiger partial charge in [0.2, 0.25) is 0 Å². The second-order valence-corrected chi connectivity index (χ2v) is 10.3. The van der Waals surface area contributed by atoms with Crippen molar-refractivity contribution in [3.05, 3.63) is 119 Å². The summed E-state index contributed by atoms with van der Waals surface area (Å²) in [5, 5.41) is 14.5. The van der Waals surface area contributed by atoms with Gasteiger partial charge in [-0.3, -0.25) is 9.78 Å². The summed E-state index contributed by atoms with van der Waals surface area (Å²) >= 11 is 6.41. The van der Waals surface area contributed by atoms with Crippen LogP contribution in [0.2, 0.25) is 5.02 Å². The van der Waals surface area contributed by atoms with Crippen LogP contribution in [0.3, 0.4) is 0 Å². The molecule has 5 nitrogen and oxygen atoms in total. The number of halogens is 1. The standard InChI is InChI=1S/C32H25ClN2O3/c1-20-28(17-21-16-25(19-34-18-21)27-4-2-3-5-29(27)33)30(38-35-20)24-8-6-22(7-9-24)23-10-12-26(13-11-23)32(14-15-32)31(36)37/h2-13,16,18-19H,14-15,17H2,1H3,(H,36,37). The molecule has 1 saturated carbocycles. The predicted molar refractivity (Wildman–Crippen MR) is 148 cm³/mol. The van der Waals surface area contributed by atoms with E-state index in [4.69, 9.17) is 16.1 Å². The van der Waals surface area contributed by atoms with Crippen LogP contribution < -0.4 is 0 Å². The van der Waals surface area contributed by atoms with E-state index in [1.165, 1.54) is 0 Å². The Hall–Kier alpha value is -4.22. The molecule has 0 saturated heterocycles. The van der Waals surface area contributed by atoms with Crippen molar-refractivity contribution in [2.75, 3.05) is 0 Å². The maximum atomic E-state index is 11.6. The van der Waals surface area contributed by atoms with Gasteiger partial charge in [0.25, 0.3) is 0 Å². The summed E-state index contributed by atoms with van der Waals surface area (Å²) in [7, 11) is 0. The fourth-order valence-electron chi connectivity index (χ4n) is 5.00. The minimum atomic E-state index is -0.737. The number of nitrogens with zero attached hydrogens (tertiary/aromatic N) is 2. The van der Waals surface area contributed by atoms with Crippen molar-refractivity contribution in [3.8, 4) is 33.6 Å². The lowest BCUT2D eigenvalue weighted by atomic mass is 9.93. The molecule has 1 aliphatic rings. The Labute approximate surface area is 225 Å². The molecule has 0 amide bonds. The average Bonchev–Trinajstić information content (AvgIpc) is 3.69. The van der Waals surface area contributed by atoms with Crippen molar-refractivity contribution < 1.29 is 14.4 Å². The van der Waals surface area contributed by atoms with E-state index < -0.39 is 11.4 Å². The summed E-state index contributed by atoms with van der Waals surface area (Å²) in [6, 6.07) is 25.9. The molecule has 0 spiro atoms. The zero-order chi connectivity index (χ0) is 26.3. The maximum Gasteiger partial charge on any atom is 0.314 e. The van der Waals surface area contributed by atoms with Crippen molar-refractivity contribution in [1.82, 2.24) is 10.1 Å². The van der Waals surface area contributed by atoms with Gasteiger partial charge in [0.05, 0.1) is 11.1 Å². The third kappa shape index (κ3) is 4.39. The van der Waals surface area contributed by atoms with Gasteiger partial charge in [-0.2, -0.15) is 0 Å². The highest BCUT2D eigenvalue weighted by Gasteiger charge is 2.51. The topological polar surface area (TPSA) is 76.2 Å². The number of benzene rings is 3. The zero-order valence-electron chi connectivity index (χ0n) is 20.8. The molecular weight excluding hydrogens is 496 g/mol. The molecule has 1 N–H and O–H groups in total. The molecule has 1 fully saturated rings. The van der Waals surface area contributed by atoms with Crippen molar-refractivity contribution >= 4 is 17.6 Å². The molecule has 2 aromatic heterocycles. The van der Waals surface area contributed by atoms with E-state index in [0.717, 1.165) is 56.0 Å². The summed E-state index contributed by atoms with van der Waals surface area (Å²) in [6.45, 7) is 1.95. The molecule has 6 heteroatoms. The van der Waals surface area contributed by atoms with Gasteiger partial charge in [-0.15, -0.1) is 0 Å². The molecular formula is C32H25ClN2O3. The Balaban J connectivity index is 1.25. The number of hydrogen-bond acceptors (Lipinski definition) is 4. The Kier molecular flexibility index (Phi) is 6.09. The minimum Gasteiger partial charge on any atom is -0.481 e. The van der Waals surface area contributed by atoms with Crippen LogP contribution in [0.25, 0.3) is 33.6 Å². The molecule has 0 aliphatic heterocycles. The Morgan fingerprint density at radius 3 is 2.24 bits per heavy atom. The molecule has 38 heavy (non-hydrogen) atoms. The SMILES string of the molecule is Cc1noc(-c2ccc(-c3ccc(C4(C(=O)O)CC4)cc3)cc2)c1Cc1cncc(-c2ccccc2Cl)c1. The summed E-state index contributed by atoms with van der Waals surface area (Å²) < 4.78 is 5.77. The van der Waals surface area contributed by atoms with Crippen LogP contribution in [-0.2, 0) is 16.6 Å². The first-order chi connectivity index (χ1) is 18.4. The Bertz CT molecular complexity index is 1630. The monoisotopic (exact) mass is 520 g/mol. The molecule has 0 radical (unpaired) electrons. The number of carbonyl (C=O) groups is 1. The van der Waals surface area contributed by atoms with Crippen molar-refractivity contribution in [1.29, 1.82) is 0 Å². The van der Waals surface area contributed by atoms with Gasteiger partial charge in [0.1, 0.15) is 0 Å². The largest absolute Gasteiger partial charge is 0.481 e. The van der Waals surface area contributed by atoms with Crippen LogP contribution in [0.5, 0.6) is 0 Å². The predicted octanol–water partition coefficient (Wildman–Crippen LogP) is 7.74. The quantitative estimate of drug-likeness (QED) is 0.237. The molecule has 0 unspecified atom stereocenters. The van der Waals surface area contributed by atoms with E-state index in [1.54, 1.807) is 0 Å². The van der Waals surface area contributed by atoms with Gasteiger partial charge in [0.15, 0.2) is 5.76 Å². The Morgan fingerprint density at radius 2 is 1.58 bits per heavy atom. The lowest BCUT2D eigenvalue weighted by Crippen LogP contribution is -2.19. The van der Waals surface area contributed by atoms with E-state index in [1.807, 2.05) is 80.0 Å². The van der Waals surface area contributed by atoms with E-state index in [9.17, 15) is 9.90 Å². The van der Waals surface area contributed by atoms with Crippen molar-refractivity contribution in [2.24, 2.45) is 0 Å². The van der Waals surface area contributed by atoms with Gasteiger partial charge < -0.3 is 9.63 Å². The smallest absolute Gasteiger partial charge is 0.314 e. The molecule has 1 aliphatic carbocycles. The van der Waals surface area contributed by atoms with Crippen molar-refractivity contribution in [2.45, 2.75) is 31.6 Å². The maximum absolute atomic E-state index is 11.6. The summed E-state index contributed by atoms with van der Waals surface area (Å²) in [5.74, 6) is 0.00353. The average molecular weight is 521 g/mol. The molecule has 0 atom stereocenters. The van der Waals surface area contributed by atoms with Gasteiger partial charge in [-0.05, 0) is 54.2 Å².